The van der Waals surface area contributed by atoms with Crippen LogP contribution in [-0.4, -0.2) is 17.6 Å². The van der Waals surface area contributed by atoms with Gasteiger partial charge in [-0.3, -0.25) is 4.79 Å². The van der Waals surface area contributed by atoms with Gasteiger partial charge in [0.2, 0.25) is 0 Å². The second kappa shape index (κ2) is 7.17. The molecule has 0 atom stereocenters. The number of carbonyl (C=O) groups is 1. The Balaban J connectivity index is 2.25. The van der Waals surface area contributed by atoms with Gasteiger partial charge < -0.3 is 10.4 Å². The minimum atomic E-state index is -0.703. The molecule has 0 aliphatic heterocycles. The fourth-order valence-corrected chi connectivity index (χ4v) is 1.90. The monoisotopic (exact) mass is 263 g/mol. The van der Waals surface area contributed by atoms with E-state index in [2.05, 4.69) is 50.4 Å². The van der Waals surface area contributed by atoms with Crippen LogP contribution in [0.3, 0.4) is 0 Å². The standard InChI is InChI=1S/C16H25NO2/c1-16(2,3)13-8-10-14(11-9-13)17-12-6-4-5-7-15(18)19/h8-11,17H,4-7,12H2,1-3H3,(H,18,19). The number of carboxylic acids is 1. The molecule has 0 bridgehead atoms. The third kappa shape index (κ3) is 6.27. The summed E-state index contributed by atoms with van der Waals surface area (Å²) in [5.41, 5.74) is 2.65. The number of hydrogen-bond acceptors (Lipinski definition) is 2. The second-order valence-electron chi connectivity index (χ2n) is 5.96. The van der Waals surface area contributed by atoms with Gasteiger partial charge in [0.05, 0.1) is 0 Å². The van der Waals surface area contributed by atoms with E-state index in [0.717, 1.165) is 31.5 Å². The highest BCUT2D eigenvalue weighted by molar-refractivity contribution is 5.66. The third-order valence-electron chi connectivity index (χ3n) is 3.15. The quantitative estimate of drug-likeness (QED) is 0.730. The Labute approximate surface area is 116 Å². The first-order valence-corrected chi connectivity index (χ1v) is 6.96. The van der Waals surface area contributed by atoms with Gasteiger partial charge in [0.25, 0.3) is 0 Å². The van der Waals surface area contributed by atoms with Gasteiger partial charge in [-0.2, -0.15) is 0 Å². The molecule has 2 N–H and O–H groups in total. The molecule has 0 aliphatic carbocycles. The molecule has 3 nitrogen and oxygen atoms in total. The van der Waals surface area contributed by atoms with Gasteiger partial charge in [-0.05, 0) is 36.0 Å². The van der Waals surface area contributed by atoms with Crippen LogP contribution in [0.15, 0.2) is 24.3 Å². The summed E-state index contributed by atoms with van der Waals surface area (Å²) in [5, 5.41) is 11.9. The summed E-state index contributed by atoms with van der Waals surface area (Å²) < 4.78 is 0. The molecule has 0 amide bonds. The maximum atomic E-state index is 10.4. The number of carboxylic acid groups (broad SMARTS) is 1. The predicted molar refractivity (Wildman–Crippen MR) is 79.7 cm³/mol. The Morgan fingerprint density at radius 1 is 1.11 bits per heavy atom. The van der Waals surface area contributed by atoms with E-state index in [4.69, 9.17) is 5.11 Å². The van der Waals surface area contributed by atoms with Crippen molar-refractivity contribution in [2.75, 3.05) is 11.9 Å². The molecule has 1 aromatic rings. The summed E-state index contributed by atoms with van der Waals surface area (Å²) in [6.45, 7) is 7.52. The Kier molecular flexibility index (Phi) is 5.87. The normalized spacial score (nSPS) is 11.3. The lowest BCUT2D eigenvalue weighted by Crippen LogP contribution is -2.11. The number of hydrogen-bond donors (Lipinski definition) is 2. The average Bonchev–Trinajstić information content (AvgIpc) is 2.32. The van der Waals surface area contributed by atoms with E-state index in [-0.39, 0.29) is 11.8 Å². The molecule has 3 heteroatoms. The molecule has 1 rings (SSSR count). The van der Waals surface area contributed by atoms with Crippen molar-refractivity contribution in [1.82, 2.24) is 0 Å². The van der Waals surface area contributed by atoms with Crippen LogP contribution in [0.2, 0.25) is 0 Å². The van der Waals surface area contributed by atoms with Crippen LogP contribution in [0.25, 0.3) is 0 Å². The van der Waals surface area contributed by atoms with Gasteiger partial charge in [0.1, 0.15) is 0 Å². The van der Waals surface area contributed by atoms with Gasteiger partial charge in [-0.25, -0.2) is 0 Å². The fraction of sp³-hybridized carbons (Fsp3) is 0.562. The Morgan fingerprint density at radius 3 is 2.26 bits per heavy atom. The number of aliphatic carboxylic acids is 1. The molecular formula is C16H25NO2. The second-order valence-corrected chi connectivity index (χ2v) is 5.96. The highest BCUT2D eigenvalue weighted by Gasteiger charge is 2.12. The van der Waals surface area contributed by atoms with Crippen molar-refractivity contribution in [3.63, 3.8) is 0 Å². The number of nitrogens with one attached hydrogen (secondary N) is 1. The minimum Gasteiger partial charge on any atom is -0.481 e. The highest BCUT2D eigenvalue weighted by Crippen LogP contribution is 2.23. The smallest absolute Gasteiger partial charge is 0.303 e. The molecule has 0 saturated heterocycles. The van der Waals surface area contributed by atoms with Crippen LogP contribution in [0.4, 0.5) is 5.69 Å². The van der Waals surface area contributed by atoms with E-state index in [9.17, 15) is 4.79 Å². The molecule has 1 aromatic carbocycles. The number of rotatable bonds is 7. The molecule has 0 aliphatic rings. The van der Waals surface area contributed by atoms with E-state index in [1.54, 1.807) is 0 Å². The summed E-state index contributed by atoms with van der Waals surface area (Å²) in [6, 6.07) is 8.54. The molecule has 106 valence electrons. The lowest BCUT2D eigenvalue weighted by Gasteiger charge is -2.19. The maximum Gasteiger partial charge on any atom is 0.303 e. The molecule has 0 radical (unpaired) electrons. The van der Waals surface area contributed by atoms with E-state index in [0.29, 0.717) is 0 Å². The summed E-state index contributed by atoms with van der Waals surface area (Å²) in [7, 11) is 0. The highest BCUT2D eigenvalue weighted by atomic mass is 16.4. The van der Waals surface area contributed by atoms with Crippen molar-refractivity contribution in [3.05, 3.63) is 29.8 Å². The summed E-state index contributed by atoms with van der Waals surface area (Å²) in [4.78, 5) is 10.4. The topological polar surface area (TPSA) is 49.3 Å². The third-order valence-corrected chi connectivity index (χ3v) is 3.15. The van der Waals surface area contributed by atoms with Crippen LogP contribution >= 0.6 is 0 Å². The van der Waals surface area contributed by atoms with Crippen molar-refractivity contribution >= 4 is 11.7 Å². The molecule has 0 saturated carbocycles. The van der Waals surface area contributed by atoms with Crippen LogP contribution in [-0.2, 0) is 10.2 Å². The van der Waals surface area contributed by atoms with Crippen molar-refractivity contribution in [3.8, 4) is 0 Å². The first-order valence-electron chi connectivity index (χ1n) is 6.96. The van der Waals surface area contributed by atoms with Crippen LogP contribution in [0.5, 0.6) is 0 Å². The van der Waals surface area contributed by atoms with Crippen molar-refractivity contribution in [1.29, 1.82) is 0 Å². The first-order chi connectivity index (χ1) is 8.89. The predicted octanol–water partition coefficient (Wildman–Crippen LogP) is 4.04. The largest absolute Gasteiger partial charge is 0.481 e. The maximum absolute atomic E-state index is 10.4. The Hall–Kier alpha value is -1.51. The van der Waals surface area contributed by atoms with Gasteiger partial charge in [-0.1, -0.05) is 39.3 Å². The van der Waals surface area contributed by atoms with E-state index >= 15 is 0 Å². The molecule has 0 heterocycles. The van der Waals surface area contributed by atoms with Crippen LogP contribution in [0, 0.1) is 0 Å². The van der Waals surface area contributed by atoms with Gasteiger partial charge in [0.15, 0.2) is 0 Å². The number of unbranched alkanes of at least 4 members (excludes halogenated alkanes) is 2. The molecular weight excluding hydrogens is 238 g/mol. The van der Waals surface area contributed by atoms with E-state index in [1.165, 1.54) is 5.56 Å². The lowest BCUT2D eigenvalue weighted by atomic mass is 9.87. The lowest BCUT2D eigenvalue weighted by molar-refractivity contribution is -0.137. The zero-order valence-corrected chi connectivity index (χ0v) is 12.2. The van der Waals surface area contributed by atoms with Gasteiger partial charge in [0, 0.05) is 18.7 Å². The molecule has 0 unspecified atom stereocenters. The van der Waals surface area contributed by atoms with Crippen molar-refractivity contribution in [2.24, 2.45) is 0 Å². The SMILES string of the molecule is CC(C)(C)c1ccc(NCCCCCC(=O)O)cc1. The van der Waals surface area contributed by atoms with Crippen LogP contribution in [0.1, 0.15) is 52.0 Å². The first kappa shape index (κ1) is 15.5. The van der Waals surface area contributed by atoms with Crippen molar-refractivity contribution in [2.45, 2.75) is 51.9 Å². The number of anilines is 1. The zero-order chi connectivity index (χ0) is 14.3. The Morgan fingerprint density at radius 2 is 1.74 bits per heavy atom. The molecule has 0 spiro atoms. The summed E-state index contributed by atoms with van der Waals surface area (Å²) in [6.07, 6.45) is 3.01. The Bertz CT molecular complexity index is 390. The average molecular weight is 263 g/mol. The van der Waals surface area contributed by atoms with E-state index in [1.807, 2.05) is 0 Å². The molecule has 0 fully saturated rings. The van der Waals surface area contributed by atoms with Gasteiger partial charge >= 0.3 is 5.97 Å². The van der Waals surface area contributed by atoms with Gasteiger partial charge in [-0.15, -0.1) is 0 Å². The zero-order valence-electron chi connectivity index (χ0n) is 12.2. The fourth-order valence-electron chi connectivity index (χ4n) is 1.90. The van der Waals surface area contributed by atoms with Crippen molar-refractivity contribution < 1.29 is 9.90 Å². The molecule has 0 aromatic heterocycles. The minimum absolute atomic E-state index is 0.190. The van der Waals surface area contributed by atoms with E-state index < -0.39 is 5.97 Å². The molecule has 19 heavy (non-hydrogen) atoms. The van der Waals surface area contributed by atoms with Crippen LogP contribution < -0.4 is 5.32 Å². The summed E-state index contributed by atoms with van der Waals surface area (Å²) in [5.74, 6) is -0.703. The number of benzene rings is 1. The summed E-state index contributed by atoms with van der Waals surface area (Å²) >= 11 is 0.